The molecule has 1 aromatic rings. The summed E-state index contributed by atoms with van der Waals surface area (Å²) in [5, 5.41) is 7.89. The summed E-state index contributed by atoms with van der Waals surface area (Å²) < 4.78 is 1.76. The molecule has 2 atom stereocenters. The van der Waals surface area contributed by atoms with E-state index in [0.717, 1.165) is 24.2 Å². The lowest BCUT2D eigenvalue weighted by Gasteiger charge is -2.32. The molecule has 1 aromatic heterocycles. The van der Waals surface area contributed by atoms with E-state index in [2.05, 4.69) is 29.2 Å². The average Bonchev–Trinajstić information content (AvgIpc) is 2.73. The molecule has 0 aromatic carbocycles. The van der Waals surface area contributed by atoms with Crippen molar-refractivity contribution in [2.24, 2.45) is 18.9 Å². The van der Waals surface area contributed by atoms with Crippen LogP contribution < -0.4 is 5.32 Å². The average molecular weight is 236 g/mol. The van der Waals surface area contributed by atoms with Crippen LogP contribution in [0.1, 0.15) is 45.4 Å². The van der Waals surface area contributed by atoms with Gasteiger partial charge in [-0.25, -0.2) is 4.98 Å². The van der Waals surface area contributed by atoms with Crippen LogP contribution in [-0.4, -0.2) is 20.8 Å². The van der Waals surface area contributed by atoms with Crippen LogP contribution in [0.5, 0.6) is 0 Å². The summed E-state index contributed by atoms with van der Waals surface area (Å²) in [7, 11) is 1.91. The van der Waals surface area contributed by atoms with Crippen LogP contribution in [0.15, 0.2) is 6.33 Å². The predicted octanol–water partition coefficient (Wildman–Crippen LogP) is 2.12. The van der Waals surface area contributed by atoms with E-state index in [1.54, 1.807) is 11.0 Å². The normalized spacial score (nSPS) is 25.4. The van der Waals surface area contributed by atoms with Gasteiger partial charge in [0.25, 0.3) is 0 Å². The maximum atomic E-state index is 4.29. The highest BCUT2D eigenvalue weighted by Gasteiger charge is 2.23. The topological polar surface area (TPSA) is 42.7 Å². The Morgan fingerprint density at radius 1 is 1.47 bits per heavy atom. The monoisotopic (exact) mass is 236 g/mol. The van der Waals surface area contributed by atoms with E-state index in [9.17, 15) is 0 Å². The van der Waals surface area contributed by atoms with Gasteiger partial charge < -0.3 is 5.32 Å². The van der Waals surface area contributed by atoms with Gasteiger partial charge in [0.1, 0.15) is 6.33 Å². The van der Waals surface area contributed by atoms with Crippen LogP contribution in [0.25, 0.3) is 0 Å². The number of nitrogens with one attached hydrogen (secondary N) is 1. The number of hydrogen-bond donors (Lipinski definition) is 1. The van der Waals surface area contributed by atoms with Gasteiger partial charge in [0.15, 0.2) is 5.82 Å². The fraction of sp³-hybridized carbons (Fsp3) is 0.846. The highest BCUT2D eigenvalue weighted by atomic mass is 15.3. The zero-order valence-corrected chi connectivity index (χ0v) is 11.2. The molecule has 2 rings (SSSR count). The number of hydrogen-bond acceptors (Lipinski definition) is 3. The zero-order valence-electron chi connectivity index (χ0n) is 11.2. The summed E-state index contributed by atoms with van der Waals surface area (Å²) in [5.74, 6) is 2.60. The molecule has 4 nitrogen and oxygen atoms in total. The van der Waals surface area contributed by atoms with Gasteiger partial charge in [0, 0.05) is 13.1 Å². The van der Waals surface area contributed by atoms with Crippen molar-refractivity contribution in [2.45, 2.75) is 52.1 Å². The Labute approximate surface area is 104 Å². The minimum absolute atomic E-state index is 0.653. The first kappa shape index (κ1) is 12.6. The molecule has 1 aliphatic rings. The summed E-state index contributed by atoms with van der Waals surface area (Å²) in [5.41, 5.74) is 0. The van der Waals surface area contributed by atoms with E-state index in [-0.39, 0.29) is 0 Å². The lowest BCUT2D eigenvalue weighted by molar-refractivity contribution is 0.230. The maximum Gasteiger partial charge on any atom is 0.164 e. The van der Waals surface area contributed by atoms with Gasteiger partial charge in [0.05, 0.1) is 6.54 Å². The van der Waals surface area contributed by atoms with Crippen LogP contribution in [0.2, 0.25) is 0 Å². The molecule has 4 heteroatoms. The van der Waals surface area contributed by atoms with Gasteiger partial charge in [-0.05, 0) is 24.7 Å². The van der Waals surface area contributed by atoms with Gasteiger partial charge in [0.2, 0.25) is 0 Å². The van der Waals surface area contributed by atoms with Crippen molar-refractivity contribution < 1.29 is 0 Å². The molecule has 17 heavy (non-hydrogen) atoms. The van der Waals surface area contributed by atoms with Crippen molar-refractivity contribution in [2.75, 3.05) is 0 Å². The largest absolute Gasteiger partial charge is 0.307 e. The van der Waals surface area contributed by atoms with Crippen LogP contribution in [0.4, 0.5) is 0 Å². The first-order valence-corrected chi connectivity index (χ1v) is 6.73. The Morgan fingerprint density at radius 2 is 2.29 bits per heavy atom. The number of aromatic nitrogens is 3. The molecule has 0 spiro atoms. The molecule has 0 radical (unpaired) electrons. The minimum atomic E-state index is 0.653. The quantitative estimate of drug-likeness (QED) is 0.870. The van der Waals surface area contributed by atoms with Crippen LogP contribution >= 0.6 is 0 Å². The molecule has 0 bridgehead atoms. The Bertz CT molecular complexity index is 345. The SMILES string of the molecule is CC(C)C1CCCC(NCc2ncn(C)n2)C1. The van der Waals surface area contributed by atoms with Gasteiger partial charge in [-0.3, -0.25) is 4.68 Å². The van der Waals surface area contributed by atoms with Crippen LogP contribution in [0.3, 0.4) is 0 Å². The molecule has 0 aliphatic heterocycles. The van der Waals surface area contributed by atoms with E-state index < -0.39 is 0 Å². The fourth-order valence-corrected chi connectivity index (χ4v) is 2.72. The molecule has 96 valence electrons. The smallest absolute Gasteiger partial charge is 0.164 e. The third-order valence-corrected chi connectivity index (χ3v) is 3.85. The molecule has 1 saturated carbocycles. The zero-order chi connectivity index (χ0) is 12.3. The van der Waals surface area contributed by atoms with Crippen molar-refractivity contribution in [3.63, 3.8) is 0 Å². The molecule has 1 N–H and O–H groups in total. The van der Waals surface area contributed by atoms with Gasteiger partial charge in [-0.2, -0.15) is 5.10 Å². The van der Waals surface area contributed by atoms with Gasteiger partial charge >= 0.3 is 0 Å². The van der Waals surface area contributed by atoms with E-state index in [1.165, 1.54) is 25.7 Å². The second-order valence-corrected chi connectivity index (χ2v) is 5.58. The van der Waals surface area contributed by atoms with Crippen molar-refractivity contribution in [3.05, 3.63) is 12.2 Å². The molecule has 1 fully saturated rings. The third kappa shape index (κ3) is 3.53. The fourth-order valence-electron chi connectivity index (χ4n) is 2.72. The molecule has 0 saturated heterocycles. The molecular weight excluding hydrogens is 212 g/mol. The number of rotatable bonds is 4. The summed E-state index contributed by atoms with van der Waals surface area (Å²) in [6.07, 6.45) is 7.13. The Morgan fingerprint density at radius 3 is 2.94 bits per heavy atom. The van der Waals surface area contributed by atoms with Gasteiger partial charge in [-0.15, -0.1) is 0 Å². The van der Waals surface area contributed by atoms with Crippen molar-refractivity contribution in [1.82, 2.24) is 20.1 Å². The standard InChI is InChI=1S/C13H24N4/c1-10(2)11-5-4-6-12(7-11)14-8-13-15-9-17(3)16-13/h9-12,14H,4-8H2,1-3H3. The van der Waals surface area contributed by atoms with Crippen molar-refractivity contribution in [1.29, 1.82) is 0 Å². The van der Waals surface area contributed by atoms with Crippen molar-refractivity contribution >= 4 is 0 Å². The maximum absolute atomic E-state index is 4.29. The molecule has 2 unspecified atom stereocenters. The molecule has 0 amide bonds. The summed E-state index contributed by atoms with van der Waals surface area (Å²) in [6, 6.07) is 0.653. The summed E-state index contributed by atoms with van der Waals surface area (Å²) >= 11 is 0. The highest BCUT2D eigenvalue weighted by Crippen LogP contribution is 2.29. The lowest BCUT2D eigenvalue weighted by atomic mass is 9.79. The third-order valence-electron chi connectivity index (χ3n) is 3.85. The number of nitrogens with zero attached hydrogens (tertiary/aromatic N) is 3. The minimum Gasteiger partial charge on any atom is -0.307 e. The first-order valence-electron chi connectivity index (χ1n) is 6.73. The van der Waals surface area contributed by atoms with Crippen LogP contribution in [0, 0.1) is 11.8 Å². The summed E-state index contributed by atoms with van der Waals surface area (Å²) in [6.45, 7) is 5.48. The first-order chi connectivity index (χ1) is 8.15. The summed E-state index contributed by atoms with van der Waals surface area (Å²) in [4.78, 5) is 4.24. The van der Waals surface area contributed by atoms with E-state index in [0.29, 0.717) is 6.04 Å². The Balaban J connectivity index is 1.79. The highest BCUT2D eigenvalue weighted by molar-refractivity contribution is 4.84. The van der Waals surface area contributed by atoms with E-state index >= 15 is 0 Å². The molecule has 1 aliphatic carbocycles. The molecule has 1 heterocycles. The van der Waals surface area contributed by atoms with E-state index in [4.69, 9.17) is 0 Å². The van der Waals surface area contributed by atoms with Crippen molar-refractivity contribution in [3.8, 4) is 0 Å². The lowest BCUT2D eigenvalue weighted by Crippen LogP contribution is -2.35. The Kier molecular flexibility index (Phi) is 4.15. The van der Waals surface area contributed by atoms with Gasteiger partial charge in [-0.1, -0.05) is 26.7 Å². The Hall–Kier alpha value is -0.900. The predicted molar refractivity (Wildman–Crippen MR) is 68.4 cm³/mol. The second-order valence-electron chi connectivity index (χ2n) is 5.58. The van der Waals surface area contributed by atoms with Crippen LogP contribution in [-0.2, 0) is 13.6 Å². The molecular formula is C13H24N4. The second kappa shape index (κ2) is 5.63. The number of aryl methyl sites for hydroxylation is 1. The van der Waals surface area contributed by atoms with E-state index in [1.807, 2.05) is 7.05 Å².